The van der Waals surface area contributed by atoms with Crippen LogP contribution in [0.15, 0.2) is 37.0 Å². The molecule has 116 valence electrons. The molecule has 3 rings (SSSR count). The second-order valence-electron chi connectivity index (χ2n) is 6.36. The van der Waals surface area contributed by atoms with Crippen molar-refractivity contribution in [1.29, 1.82) is 0 Å². The molecule has 1 fully saturated rings. The molecule has 2 aromatic rings. The first kappa shape index (κ1) is 15.4. The van der Waals surface area contributed by atoms with Crippen LogP contribution < -0.4 is 5.30 Å². The van der Waals surface area contributed by atoms with E-state index in [4.69, 9.17) is 0 Å². The summed E-state index contributed by atoms with van der Waals surface area (Å²) in [7, 11) is 2.81. The van der Waals surface area contributed by atoms with Gasteiger partial charge in [0, 0.05) is 42.2 Å². The van der Waals surface area contributed by atoms with Crippen molar-refractivity contribution < 1.29 is 0 Å². The highest BCUT2D eigenvalue weighted by atomic mass is 31.0. The van der Waals surface area contributed by atoms with E-state index in [-0.39, 0.29) is 0 Å². The summed E-state index contributed by atoms with van der Waals surface area (Å²) in [6.07, 6.45) is 4.50. The molecule has 0 radical (unpaired) electrons. The lowest BCUT2D eigenvalue weighted by Gasteiger charge is -2.36. The molecule has 2 heterocycles. The molecule has 1 N–H and O–H groups in total. The summed E-state index contributed by atoms with van der Waals surface area (Å²) in [4.78, 5) is 5.71. The van der Waals surface area contributed by atoms with Crippen LogP contribution in [0.25, 0.3) is 5.70 Å². The molecule has 0 bridgehead atoms. The summed E-state index contributed by atoms with van der Waals surface area (Å²) in [6.45, 7) is 10.8. The Morgan fingerprint density at radius 2 is 2.14 bits per heavy atom. The third-order valence-electron chi connectivity index (χ3n) is 4.83. The summed E-state index contributed by atoms with van der Waals surface area (Å²) in [6, 6.07) is 8.99. The summed E-state index contributed by atoms with van der Waals surface area (Å²) in [5.41, 5.74) is 6.43. The van der Waals surface area contributed by atoms with Crippen molar-refractivity contribution in [2.24, 2.45) is 0 Å². The van der Waals surface area contributed by atoms with Crippen molar-refractivity contribution in [3.63, 3.8) is 0 Å². The van der Waals surface area contributed by atoms with Gasteiger partial charge in [-0.15, -0.1) is 9.24 Å². The SMILES string of the molecule is C=C(c1cc[nH]c1C)N1CCCC(c2ccc(P)c(C)c2)C1. The quantitative estimate of drug-likeness (QED) is 0.849. The molecule has 1 aliphatic rings. The minimum absolute atomic E-state index is 0.606. The van der Waals surface area contributed by atoms with E-state index in [0.29, 0.717) is 5.92 Å². The highest BCUT2D eigenvalue weighted by molar-refractivity contribution is 7.27. The Kier molecular flexibility index (Phi) is 4.40. The maximum Gasteiger partial charge on any atom is 0.0385 e. The fourth-order valence-electron chi connectivity index (χ4n) is 3.38. The molecule has 2 atom stereocenters. The van der Waals surface area contributed by atoms with Crippen molar-refractivity contribution >= 4 is 20.2 Å². The van der Waals surface area contributed by atoms with Crippen molar-refractivity contribution in [2.75, 3.05) is 13.1 Å². The minimum Gasteiger partial charge on any atom is -0.371 e. The Morgan fingerprint density at radius 1 is 1.32 bits per heavy atom. The average molecular weight is 312 g/mol. The highest BCUT2D eigenvalue weighted by Gasteiger charge is 2.23. The number of rotatable bonds is 3. The number of likely N-dealkylation sites (tertiary alicyclic amines) is 1. The molecule has 1 aromatic heterocycles. The predicted molar refractivity (Wildman–Crippen MR) is 98.6 cm³/mol. The Balaban J connectivity index is 1.78. The largest absolute Gasteiger partial charge is 0.371 e. The van der Waals surface area contributed by atoms with Crippen LogP contribution in [0, 0.1) is 13.8 Å². The van der Waals surface area contributed by atoms with Gasteiger partial charge in [-0.3, -0.25) is 0 Å². The fourth-order valence-corrected chi connectivity index (χ4v) is 3.56. The first-order chi connectivity index (χ1) is 10.6. The van der Waals surface area contributed by atoms with E-state index >= 15 is 0 Å². The van der Waals surface area contributed by atoms with E-state index in [2.05, 4.69) is 63.8 Å². The third kappa shape index (κ3) is 2.98. The van der Waals surface area contributed by atoms with Gasteiger partial charge < -0.3 is 9.88 Å². The monoisotopic (exact) mass is 312 g/mol. The van der Waals surface area contributed by atoms with Crippen molar-refractivity contribution in [3.8, 4) is 0 Å². The molecule has 2 nitrogen and oxygen atoms in total. The summed E-state index contributed by atoms with van der Waals surface area (Å²) < 4.78 is 0. The van der Waals surface area contributed by atoms with Gasteiger partial charge in [-0.2, -0.15) is 0 Å². The molecular weight excluding hydrogens is 287 g/mol. The number of nitrogens with zero attached hydrogens (tertiary/aromatic N) is 1. The average Bonchev–Trinajstić information content (AvgIpc) is 2.95. The number of piperidine rings is 1. The number of aromatic nitrogens is 1. The smallest absolute Gasteiger partial charge is 0.0385 e. The second-order valence-corrected chi connectivity index (χ2v) is 6.99. The number of hydrogen-bond donors (Lipinski definition) is 1. The molecule has 1 aromatic carbocycles. The Bertz CT molecular complexity index is 686. The standard InChI is InChI=1S/C19H25N2P/c1-13-11-16(6-7-19(13)22)17-5-4-10-21(12-17)15(3)18-8-9-20-14(18)2/h6-9,11,17,20H,3-5,10,12,22H2,1-2H3. The van der Waals surface area contributed by atoms with Gasteiger partial charge in [0.1, 0.15) is 0 Å². The van der Waals surface area contributed by atoms with E-state index in [0.717, 1.165) is 18.8 Å². The van der Waals surface area contributed by atoms with E-state index < -0.39 is 0 Å². The molecule has 0 saturated carbocycles. The van der Waals surface area contributed by atoms with Gasteiger partial charge in [0.25, 0.3) is 0 Å². The van der Waals surface area contributed by atoms with E-state index in [1.807, 2.05) is 6.20 Å². The predicted octanol–water partition coefficient (Wildman–Crippen LogP) is 3.98. The van der Waals surface area contributed by atoms with Gasteiger partial charge in [0.05, 0.1) is 0 Å². The number of nitrogens with one attached hydrogen (secondary N) is 1. The fraction of sp³-hybridized carbons (Fsp3) is 0.368. The molecule has 3 heteroatoms. The van der Waals surface area contributed by atoms with Gasteiger partial charge in [0.15, 0.2) is 0 Å². The molecule has 1 aliphatic heterocycles. The van der Waals surface area contributed by atoms with E-state index in [9.17, 15) is 0 Å². The van der Waals surface area contributed by atoms with Crippen LogP contribution >= 0.6 is 9.24 Å². The Labute approximate surface area is 135 Å². The van der Waals surface area contributed by atoms with Crippen molar-refractivity contribution in [3.05, 3.63) is 59.4 Å². The van der Waals surface area contributed by atoms with Crippen LogP contribution in [-0.2, 0) is 0 Å². The molecule has 1 saturated heterocycles. The van der Waals surface area contributed by atoms with Gasteiger partial charge in [-0.1, -0.05) is 24.8 Å². The highest BCUT2D eigenvalue weighted by Crippen LogP contribution is 2.32. The van der Waals surface area contributed by atoms with Gasteiger partial charge in [-0.05, 0) is 49.2 Å². The number of hydrogen-bond acceptors (Lipinski definition) is 1. The Hall–Kier alpha value is -1.53. The maximum atomic E-state index is 4.34. The second kappa shape index (κ2) is 6.30. The van der Waals surface area contributed by atoms with Crippen LogP contribution in [0.2, 0.25) is 0 Å². The molecule has 0 aliphatic carbocycles. The number of aryl methyl sites for hydroxylation is 2. The zero-order chi connectivity index (χ0) is 15.7. The van der Waals surface area contributed by atoms with E-state index in [1.165, 1.54) is 40.5 Å². The van der Waals surface area contributed by atoms with Crippen LogP contribution in [-0.4, -0.2) is 23.0 Å². The minimum atomic E-state index is 0.606. The summed E-state index contributed by atoms with van der Waals surface area (Å²) in [5.74, 6) is 0.606. The lowest BCUT2D eigenvalue weighted by atomic mass is 9.89. The zero-order valence-corrected chi connectivity index (χ0v) is 14.7. The van der Waals surface area contributed by atoms with Gasteiger partial charge >= 0.3 is 0 Å². The number of H-pyrrole nitrogens is 1. The lowest BCUT2D eigenvalue weighted by Crippen LogP contribution is -2.33. The van der Waals surface area contributed by atoms with Crippen molar-refractivity contribution in [2.45, 2.75) is 32.6 Å². The van der Waals surface area contributed by atoms with Crippen molar-refractivity contribution in [1.82, 2.24) is 9.88 Å². The van der Waals surface area contributed by atoms with E-state index in [1.54, 1.807) is 0 Å². The lowest BCUT2D eigenvalue weighted by molar-refractivity contribution is 0.295. The first-order valence-corrected chi connectivity index (χ1v) is 8.58. The molecule has 0 spiro atoms. The summed E-state index contributed by atoms with van der Waals surface area (Å²) >= 11 is 0. The summed E-state index contributed by atoms with van der Waals surface area (Å²) in [5, 5.41) is 1.30. The molecule has 0 amide bonds. The number of aromatic amines is 1. The molecular formula is C19H25N2P. The number of benzene rings is 1. The van der Waals surface area contributed by atoms with Crippen LogP contribution in [0.3, 0.4) is 0 Å². The normalized spacial score (nSPS) is 18.5. The first-order valence-electron chi connectivity index (χ1n) is 8.00. The topological polar surface area (TPSA) is 19.0 Å². The van der Waals surface area contributed by atoms with Crippen LogP contribution in [0.1, 0.15) is 41.1 Å². The van der Waals surface area contributed by atoms with Crippen LogP contribution in [0.5, 0.6) is 0 Å². The van der Waals surface area contributed by atoms with Gasteiger partial charge in [0.2, 0.25) is 0 Å². The van der Waals surface area contributed by atoms with Crippen LogP contribution in [0.4, 0.5) is 0 Å². The molecule has 2 unspecified atom stereocenters. The van der Waals surface area contributed by atoms with Gasteiger partial charge in [-0.25, -0.2) is 0 Å². The third-order valence-corrected chi connectivity index (χ3v) is 5.48. The maximum absolute atomic E-state index is 4.34. The zero-order valence-electron chi connectivity index (χ0n) is 13.5. The molecule has 22 heavy (non-hydrogen) atoms. The Morgan fingerprint density at radius 3 is 2.82 bits per heavy atom.